The maximum absolute atomic E-state index is 13.9. The van der Waals surface area contributed by atoms with Crippen molar-refractivity contribution in [1.29, 1.82) is 0 Å². The molecule has 2 aromatic rings. The van der Waals surface area contributed by atoms with Crippen LogP contribution in [0.1, 0.15) is 30.0 Å². The van der Waals surface area contributed by atoms with Gasteiger partial charge in [-0.1, -0.05) is 18.2 Å². The van der Waals surface area contributed by atoms with E-state index in [1.165, 1.54) is 24.1 Å². The molecule has 0 radical (unpaired) electrons. The summed E-state index contributed by atoms with van der Waals surface area (Å²) in [5.74, 6) is -0.304. The van der Waals surface area contributed by atoms with E-state index in [0.29, 0.717) is 11.5 Å². The SMILES string of the molecule is CNC(=O)N(O)CCC1=C(C)/C(=C\c2ccc(SC)cc2)c2ccc(F)cc21. The number of halogens is 1. The van der Waals surface area contributed by atoms with Crippen molar-refractivity contribution < 1.29 is 14.4 Å². The maximum atomic E-state index is 13.9. The van der Waals surface area contributed by atoms with E-state index in [-0.39, 0.29) is 12.4 Å². The molecule has 4 nitrogen and oxygen atoms in total. The topological polar surface area (TPSA) is 52.6 Å². The number of urea groups is 1. The molecule has 0 saturated carbocycles. The molecule has 0 aromatic heterocycles. The average molecular weight is 399 g/mol. The van der Waals surface area contributed by atoms with Gasteiger partial charge in [0.25, 0.3) is 0 Å². The highest BCUT2D eigenvalue weighted by molar-refractivity contribution is 7.98. The third-order valence-corrected chi connectivity index (χ3v) is 5.65. The van der Waals surface area contributed by atoms with Gasteiger partial charge in [-0.3, -0.25) is 5.21 Å². The van der Waals surface area contributed by atoms with Crippen molar-refractivity contribution in [3.8, 4) is 0 Å². The number of nitrogens with zero attached hydrogens (tertiary/aromatic N) is 1. The van der Waals surface area contributed by atoms with Crippen LogP contribution in [0.4, 0.5) is 9.18 Å². The molecular weight excluding hydrogens is 375 g/mol. The predicted molar refractivity (Wildman–Crippen MR) is 113 cm³/mol. The van der Waals surface area contributed by atoms with Gasteiger partial charge in [-0.25, -0.2) is 14.2 Å². The molecule has 2 aromatic carbocycles. The summed E-state index contributed by atoms with van der Waals surface area (Å²) in [7, 11) is 1.46. The molecule has 2 amide bonds. The average Bonchev–Trinajstić information content (AvgIpc) is 2.96. The first-order chi connectivity index (χ1) is 13.4. The molecule has 0 heterocycles. The van der Waals surface area contributed by atoms with E-state index in [1.54, 1.807) is 17.8 Å². The quantitative estimate of drug-likeness (QED) is 0.408. The second kappa shape index (κ2) is 8.63. The van der Waals surface area contributed by atoms with E-state index >= 15 is 0 Å². The molecule has 146 valence electrons. The molecule has 2 N–H and O–H groups in total. The molecule has 6 heteroatoms. The minimum atomic E-state index is -0.569. The number of rotatable bonds is 5. The molecule has 1 aliphatic rings. The standard InChI is InChI=1S/C22H23FN2O2S/c1-14-18(10-11-25(27)22(26)24-2)21-13-16(23)6-9-19(21)20(14)12-15-4-7-17(28-3)8-5-15/h4-9,12-13,27H,10-11H2,1-3H3,(H,24,26)/b20-12+. The Morgan fingerprint density at radius 2 is 1.93 bits per heavy atom. The fourth-order valence-corrected chi connectivity index (χ4v) is 3.80. The highest BCUT2D eigenvalue weighted by Crippen LogP contribution is 2.43. The number of hydrogen-bond acceptors (Lipinski definition) is 3. The van der Waals surface area contributed by atoms with Crippen LogP contribution in [0.25, 0.3) is 17.2 Å². The number of carbonyl (C=O) groups is 1. The molecule has 0 spiro atoms. The minimum absolute atomic E-state index is 0.123. The lowest BCUT2D eigenvalue weighted by Crippen LogP contribution is -2.36. The summed E-state index contributed by atoms with van der Waals surface area (Å²) in [4.78, 5) is 12.7. The lowest BCUT2D eigenvalue weighted by atomic mass is 10.0. The van der Waals surface area contributed by atoms with Crippen LogP contribution in [-0.2, 0) is 0 Å². The van der Waals surface area contributed by atoms with E-state index < -0.39 is 6.03 Å². The lowest BCUT2D eigenvalue weighted by Gasteiger charge is -2.15. The van der Waals surface area contributed by atoms with E-state index in [1.807, 2.05) is 13.2 Å². The van der Waals surface area contributed by atoms with Crippen LogP contribution in [0.5, 0.6) is 0 Å². The predicted octanol–water partition coefficient (Wildman–Crippen LogP) is 5.30. The van der Waals surface area contributed by atoms with E-state index in [9.17, 15) is 14.4 Å². The first kappa shape index (κ1) is 20.2. The second-order valence-corrected chi connectivity index (χ2v) is 7.43. The zero-order chi connectivity index (χ0) is 20.3. The molecule has 1 aliphatic carbocycles. The van der Waals surface area contributed by atoms with Crippen molar-refractivity contribution in [3.05, 3.63) is 70.5 Å². The van der Waals surface area contributed by atoms with Gasteiger partial charge in [-0.2, -0.15) is 0 Å². The van der Waals surface area contributed by atoms with Gasteiger partial charge in [0.15, 0.2) is 0 Å². The van der Waals surface area contributed by atoms with Gasteiger partial charge in [0.05, 0.1) is 6.54 Å². The monoisotopic (exact) mass is 398 g/mol. The molecule has 0 saturated heterocycles. The molecule has 0 atom stereocenters. The Labute approximate surface area is 168 Å². The molecular formula is C22H23FN2O2S. The Bertz CT molecular complexity index is 952. The number of fused-ring (bicyclic) bond motifs is 1. The van der Waals surface area contributed by atoms with Crippen LogP contribution >= 0.6 is 11.8 Å². The molecule has 28 heavy (non-hydrogen) atoms. The van der Waals surface area contributed by atoms with E-state index in [0.717, 1.165) is 33.4 Å². The van der Waals surface area contributed by atoms with Crippen LogP contribution in [0.15, 0.2) is 52.9 Å². The van der Waals surface area contributed by atoms with Crippen molar-refractivity contribution in [2.75, 3.05) is 19.8 Å². The minimum Gasteiger partial charge on any atom is -0.339 e. The number of thioether (sulfide) groups is 1. The van der Waals surface area contributed by atoms with Crippen molar-refractivity contribution >= 4 is 35.0 Å². The van der Waals surface area contributed by atoms with Gasteiger partial charge < -0.3 is 5.32 Å². The van der Waals surface area contributed by atoms with Gasteiger partial charge in [-0.15, -0.1) is 11.8 Å². The largest absolute Gasteiger partial charge is 0.340 e. The van der Waals surface area contributed by atoms with Gasteiger partial charge in [-0.05, 0) is 83.4 Å². The third-order valence-electron chi connectivity index (χ3n) is 4.90. The summed E-state index contributed by atoms with van der Waals surface area (Å²) in [6.45, 7) is 2.12. The van der Waals surface area contributed by atoms with E-state index in [4.69, 9.17) is 0 Å². The molecule has 3 rings (SSSR count). The zero-order valence-corrected chi connectivity index (χ0v) is 16.9. The Hall–Kier alpha value is -2.57. The summed E-state index contributed by atoms with van der Waals surface area (Å²) in [6.07, 6.45) is 4.56. The van der Waals surface area contributed by atoms with Crippen molar-refractivity contribution in [2.24, 2.45) is 0 Å². The Balaban J connectivity index is 1.97. The summed E-state index contributed by atoms with van der Waals surface area (Å²) in [5, 5.41) is 12.8. The molecule has 0 fully saturated rings. The second-order valence-electron chi connectivity index (χ2n) is 6.55. The van der Waals surface area contributed by atoms with Crippen molar-refractivity contribution in [3.63, 3.8) is 0 Å². The summed E-state index contributed by atoms with van der Waals surface area (Å²) in [6, 6.07) is 12.5. The highest BCUT2D eigenvalue weighted by Gasteiger charge is 2.25. The van der Waals surface area contributed by atoms with Gasteiger partial charge >= 0.3 is 6.03 Å². The van der Waals surface area contributed by atoms with Crippen LogP contribution in [0.3, 0.4) is 0 Å². The normalized spacial score (nSPS) is 14.4. The Morgan fingerprint density at radius 1 is 1.21 bits per heavy atom. The lowest BCUT2D eigenvalue weighted by molar-refractivity contribution is -0.0403. The fraction of sp³-hybridized carbons (Fsp3) is 0.227. The molecule has 0 unspecified atom stereocenters. The number of nitrogens with one attached hydrogen (secondary N) is 1. The van der Waals surface area contributed by atoms with Crippen LogP contribution in [0.2, 0.25) is 0 Å². The van der Waals surface area contributed by atoms with E-state index in [2.05, 4.69) is 35.7 Å². The number of hydroxylamine groups is 2. The highest BCUT2D eigenvalue weighted by atomic mass is 32.2. The number of benzene rings is 2. The fourth-order valence-electron chi connectivity index (χ4n) is 3.39. The molecule has 0 bridgehead atoms. The van der Waals surface area contributed by atoms with Crippen molar-refractivity contribution in [2.45, 2.75) is 18.2 Å². The molecule has 0 aliphatic heterocycles. The van der Waals surface area contributed by atoms with Crippen LogP contribution < -0.4 is 5.32 Å². The van der Waals surface area contributed by atoms with Crippen LogP contribution in [0, 0.1) is 5.82 Å². The van der Waals surface area contributed by atoms with Gasteiger partial charge in [0.1, 0.15) is 5.82 Å². The summed E-state index contributed by atoms with van der Waals surface area (Å²) < 4.78 is 13.9. The smallest absolute Gasteiger partial charge is 0.339 e. The van der Waals surface area contributed by atoms with Gasteiger partial charge in [0, 0.05) is 11.9 Å². The first-order valence-corrected chi connectivity index (χ1v) is 10.2. The zero-order valence-electron chi connectivity index (χ0n) is 16.1. The number of hydrogen-bond donors (Lipinski definition) is 2. The van der Waals surface area contributed by atoms with Crippen LogP contribution in [-0.4, -0.2) is 36.1 Å². The Kier molecular flexibility index (Phi) is 6.21. The first-order valence-electron chi connectivity index (χ1n) is 8.99. The Morgan fingerprint density at radius 3 is 2.57 bits per heavy atom. The van der Waals surface area contributed by atoms with Gasteiger partial charge in [0.2, 0.25) is 0 Å². The van der Waals surface area contributed by atoms with Crippen molar-refractivity contribution in [1.82, 2.24) is 10.4 Å². The summed E-state index contributed by atoms with van der Waals surface area (Å²) >= 11 is 1.69. The third kappa shape index (κ3) is 4.13. The number of amides is 2. The number of carbonyl (C=O) groups excluding carboxylic acids is 1. The maximum Gasteiger partial charge on any atom is 0.340 e. The summed E-state index contributed by atoms with van der Waals surface area (Å²) in [5.41, 5.74) is 5.84. The number of allylic oxidation sites excluding steroid dienone is 2.